The minimum absolute atomic E-state index is 0.0746. The third kappa shape index (κ3) is 3.99. The molecule has 0 N–H and O–H groups in total. The van der Waals surface area contributed by atoms with E-state index in [1.165, 1.54) is 0 Å². The molecule has 2 aliphatic rings. The zero-order valence-electron chi connectivity index (χ0n) is 17.8. The number of ether oxygens (including phenoxy) is 3. The van der Waals surface area contributed by atoms with E-state index in [1.807, 2.05) is 47.4 Å². The lowest BCUT2D eigenvalue weighted by Gasteiger charge is -2.37. The molecule has 0 atom stereocenters. The molecule has 3 aromatic rings. The van der Waals surface area contributed by atoms with Crippen molar-refractivity contribution in [2.75, 3.05) is 33.4 Å². The summed E-state index contributed by atoms with van der Waals surface area (Å²) in [7, 11) is 1.63. The fourth-order valence-corrected chi connectivity index (χ4v) is 4.36. The van der Waals surface area contributed by atoms with Crippen molar-refractivity contribution < 1.29 is 19.0 Å². The maximum atomic E-state index is 13.6. The van der Waals surface area contributed by atoms with E-state index in [0.717, 1.165) is 17.0 Å². The lowest BCUT2D eigenvalue weighted by Crippen LogP contribution is -2.47. The van der Waals surface area contributed by atoms with E-state index < -0.39 is 5.79 Å². The Labute approximate surface area is 191 Å². The first kappa shape index (κ1) is 21.0. The second kappa shape index (κ2) is 8.58. The molecule has 2 aliphatic heterocycles. The van der Waals surface area contributed by atoms with Crippen LogP contribution in [0.4, 0.5) is 0 Å². The summed E-state index contributed by atoms with van der Waals surface area (Å²) in [5.41, 5.74) is 2.83. The van der Waals surface area contributed by atoms with Gasteiger partial charge in [0, 0.05) is 36.5 Å². The average molecular weight is 454 g/mol. The molecular formula is C24H24ClN3O4. The molecule has 8 heteroatoms. The number of carbonyl (C=O) groups is 1. The van der Waals surface area contributed by atoms with Crippen molar-refractivity contribution in [2.45, 2.75) is 18.6 Å². The monoisotopic (exact) mass is 453 g/mol. The summed E-state index contributed by atoms with van der Waals surface area (Å²) in [6, 6.07) is 16.8. The first-order chi connectivity index (χ1) is 15.6. The van der Waals surface area contributed by atoms with Crippen molar-refractivity contribution in [1.29, 1.82) is 0 Å². The van der Waals surface area contributed by atoms with Gasteiger partial charge < -0.3 is 19.1 Å². The molecule has 0 saturated carbocycles. The number of benzene rings is 2. The molecule has 2 saturated heterocycles. The zero-order chi connectivity index (χ0) is 22.1. The number of nitrogens with zero attached hydrogens (tertiary/aromatic N) is 3. The van der Waals surface area contributed by atoms with Crippen LogP contribution in [0.15, 0.2) is 54.6 Å². The van der Waals surface area contributed by atoms with E-state index in [2.05, 4.69) is 0 Å². The number of carbonyl (C=O) groups excluding carboxylic acids is 1. The highest BCUT2D eigenvalue weighted by Crippen LogP contribution is 2.32. The molecular weight excluding hydrogens is 430 g/mol. The van der Waals surface area contributed by atoms with E-state index >= 15 is 0 Å². The maximum absolute atomic E-state index is 13.6. The standard InChI is InChI=1S/C24H24ClN3O4/c1-30-20-4-2-3-17(15-20)21-16-22(28(26-21)19-7-5-18(25)6-8-19)23(29)27-11-9-24(10-12-27)31-13-14-32-24/h2-8,15-16H,9-14H2,1H3. The lowest BCUT2D eigenvalue weighted by molar-refractivity contribution is -0.181. The van der Waals surface area contributed by atoms with Crippen LogP contribution in [0.1, 0.15) is 23.3 Å². The summed E-state index contributed by atoms with van der Waals surface area (Å²) >= 11 is 6.07. The molecule has 0 aliphatic carbocycles. The lowest BCUT2D eigenvalue weighted by atomic mass is 10.0. The number of amides is 1. The van der Waals surface area contributed by atoms with Crippen molar-refractivity contribution in [3.63, 3.8) is 0 Å². The highest BCUT2D eigenvalue weighted by molar-refractivity contribution is 6.30. The van der Waals surface area contributed by atoms with Crippen LogP contribution in [0, 0.1) is 0 Å². The summed E-state index contributed by atoms with van der Waals surface area (Å²) in [6.07, 6.45) is 1.33. The fraction of sp³-hybridized carbons (Fsp3) is 0.333. The number of methoxy groups -OCH3 is 1. The molecule has 166 valence electrons. The Hall–Kier alpha value is -2.87. The van der Waals surface area contributed by atoms with Crippen molar-refractivity contribution in [3.05, 3.63) is 65.3 Å². The van der Waals surface area contributed by atoms with Gasteiger partial charge in [-0.2, -0.15) is 5.10 Å². The summed E-state index contributed by atoms with van der Waals surface area (Å²) in [5.74, 6) is 0.127. The van der Waals surface area contributed by atoms with Gasteiger partial charge in [0.15, 0.2) is 5.79 Å². The van der Waals surface area contributed by atoms with Crippen LogP contribution >= 0.6 is 11.6 Å². The highest BCUT2D eigenvalue weighted by Gasteiger charge is 2.41. The minimum atomic E-state index is -0.529. The maximum Gasteiger partial charge on any atom is 0.272 e. The van der Waals surface area contributed by atoms with Crippen LogP contribution in [0.2, 0.25) is 5.02 Å². The number of aromatic nitrogens is 2. The number of rotatable bonds is 4. The van der Waals surface area contributed by atoms with Gasteiger partial charge in [-0.3, -0.25) is 4.79 Å². The summed E-state index contributed by atoms with van der Waals surface area (Å²) in [4.78, 5) is 15.4. The number of likely N-dealkylation sites (tertiary alicyclic amines) is 1. The zero-order valence-corrected chi connectivity index (χ0v) is 18.5. The van der Waals surface area contributed by atoms with Gasteiger partial charge in [-0.15, -0.1) is 0 Å². The van der Waals surface area contributed by atoms with Gasteiger partial charge in [0.25, 0.3) is 5.91 Å². The second-order valence-electron chi connectivity index (χ2n) is 7.93. The van der Waals surface area contributed by atoms with Crippen LogP contribution in [-0.4, -0.2) is 59.8 Å². The van der Waals surface area contributed by atoms with Gasteiger partial charge in [-0.25, -0.2) is 4.68 Å². The SMILES string of the molecule is COc1cccc(-c2cc(C(=O)N3CCC4(CC3)OCCO4)n(-c3ccc(Cl)cc3)n2)c1. The van der Waals surface area contributed by atoms with E-state index in [1.54, 1.807) is 23.9 Å². The van der Waals surface area contributed by atoms with Gasteiger partial charge in [-0.1, -0.05) is 23.7 Å². The third-order valence-electron chi connectivity index (χ3n) is 5.99. The van der Waals surface area contributed by atoms with Crippen molar-refractivity contribution >= 4 is 17.5 Å². The van der Waals surface area contributed by atoms with E-state index in [0.29, 0.717) is 55.6 Å². The smallest absolute Gasteiger partial charge is 0.272 e. The van der Waals surface area contributed by atoms with Crippen molar-refractivity contribution in [1.82, 2.24) is 14.7 Å². The molecule has 0 unspecified atom stereocenters. The minimum Gasteiger partial charge on any atom is -0.497 e. The Morgan fingerprint density at radius 3 is 2.47 bits per heavy atom. The van der Waals surface area contributed by atoms with Crippen molar-refractivity contribution in [2.24, 2.45) is 0 Å². The number of hydrogen-bond acceptors (Lipinski definition) is 5. The molecule has 0 radical (unpaired) electrons. The predicted octanol–water partition coefficient (Wildman–Crippen LogP) is 4.18. The van der Waals surface area contributed by atoms with Crippen LogP contribution in [-0.2, 0) is 9.47 Å². The average Bonchev–Trinajstić information content (AvgIpc) is 3.48. The highest BCUT2D eigenvalue weighted by atomic mass is 35.5. The van der Waals surface area contributed by atoms with Crippen LogP contribution in [0.5, 0.6) is 5.75 Å². The molecule has 2 aromatic carbocycles. The Morgan fingerprint density at radius 1 is 1.06 bits per heavy atom. The second-order valence-corrected chi connectivity index (χ2v) is 8.37. The van der Waals surface area contributed by atoms with Gasteiger partial charge in [0.05, 0.1) is 31.7 Å². The van der Waals surface area contributed by atoms with Gasteiger partial charge in [0.1, 0.15) is 11.4 Å². The number of piperidine rings is 1. The summed E-state index contributed by atoms with van der Waals surface area (Å²) < 4.78 is 18.6. The molecule has 1 amide bonds. The molecule has 0 bridgehead atoms. The number of hydrogen-bond donors (Lipinski definition) is 0. The van der Waals surface area contributed by atoms with E-state index in [9.17, 15) is 4.79 Å². The summed E-state index contributed by atoms with van der Waals surface area (Å²) in [5, 5.41) is 5.39. The predicted molar refractivity (Wildman–Crippen MR) is 120 cm³/mol. The Balaban J connectivity index is 1.49. The molecule has 1 aromatic heterocycles. The Bertz CT molecular complexity index is 1110. The third-order valence-corrected chi connectivity index (χ3v) is 6.24. The topological polar surface area (TPSA) is 65.8 Å². The quantitative estimate of drug-likeness (QED) is 0.593. The molecule has 32 heavy (non-hydrogen) atoms. The van der Waals surface area contributed by atoms with Crippen LogP contribution in [0.25, 0.3) is 16.9 Å². The Morgan fingerprint density at radius 2 is 1.78 bits per heavy atom. The molecule has 7 nitrogen and oxygen atoms in total. The number of halogens is 1. The summed E-state index contributed by atoms with van der Waals surface area (Å²) in [6.45, 7) is 2.36. The first-order valence-corrected chi connectivity index (χ1v) is 11.0. The van der Waals surface area contributed by atoms with E-state index in [4.69, 9.17) is 30.9 Å². The van der Waals surface area contributed by atoms with Gasteiger partial charge >= 0.3 is 0 Å². The van der Waals surface area contributed by atoms with Crippen molar-refractivity contribution in [3.8, 4) is 22.7 Å². The molecule has 3 heterocycles. The molecule has 5 rings (SSSR count). The fourth-order valence-electron chi connectivity index (χ4n) is 4.23. The van der Waals surface area contributed by atoms with Gasteiger partial charge in [0.2, 0.25) is 0 Å². The molecule has 1 spiro atoms. The van der Waals surface area contributed by atoms with Crippen LogP contribution < -0.4 is 4.74 Å². The van der Waals surface area contributed by atoms with Crippen LogP contribution in [0.3, 0.4) is 0 Å². The Kier molecular flexibility index (Phi) is 5.63. The largest absolute Gasteiger partial charge is 0.497 e. The molecule has 2 fully saturated rings. The normalized spacial score (nSPS) is 17.6. The first-order valence-electron chi connectivity index (χ1n) is 10.6. The van der Waals surface area contributed by atoms with Gasteiger partial charge in [-0.05, 0) is 42.5 Å². The van der Waals surface area contributed by atoms with E-state index in [-0.39, 0.29) is 5.91 Å².